The summed E-state index contributed by atoms with van der Waals surface area (Å²) in [4.78, 5) is 15.8. The van der Waals surface area contributed by atoms with Crippen LogP contribution in [0.25, 0.3) is 5.95 Å². The highest BCUT2D eigenvalue weighted by molar-refractivity contribution is 7.99. The van der Waals surface area contributed by atoms with Crippen molar-refractivity contribution in [1.82, 2.24) is 24.7 Å². The van der Waals surface area contributed by atoms with Crippen molar-refractivity contribution in [2.45, 2.75) is 19.0 Å². The van der Waals surface area contributed by atoms with Gasteiger partial charge in [-0.1, -0.05) is 30.0 Å². The number of aromatic nitrogens is 5. The quantitative estimate of drug-likeness (QED) is 0.433. The Morgan fingerprint density at radius 1 is 1.14 bits per heavy atom. The fourth-order valence-corrected chi connectivity index (χ4v) is 3.62. The van der Waals surface area contributed by atoms with Crippen molar-refractivity contribution in [2.24, 2.45) is 0 Å². The van der Waals surface area contributed by atoms with Gasteiger partial charge in [-0.25, -0.2) is 9.97 Å². The minimum Gasteiger partial charge on any atom is -0.492 e. The van der Waals surface area contributed by atoms with Crippen molar-refractivity contribution < 1.29 is 9.47 Å². The van der Waals surface area contributed by atoms with Gasteiger partial charge in [0.2, 0.25) is 5.16 Å². The summed E-state index contributed by atoms with van der Waals surface area (Å²) < 4.78 is 12.9. The van der Waals surface area contributed by atoms with Crippen molar-refractivity contribution in [3.05, 3.63) is 47.9 Å². The number of benzene rings is 1. The van der Waals surface area contributed by atoms with E-state index in [1.54, 1.807) is 22.8 Å². The summed E-state index contributed by atoms with van der Waals surface area (Å²) in [6, 6.07) is 9.99. The van der Waals surface area contributed by atoms with Crippen LogP contribution in [0.15, 0.2) is 41.8 Å². The monoisotopic (exact) mass is 412 g/mol. The highest BCUT2D eigenvalue weighted by Gasteiger charge is 2.15. The van der Waals surface area contributed by atoms with Crippen molar-refractivity contribution in [2.75, 3.05) is 43.6 Å². The SMILES string of the molecule is Cc1cc(N2CCOCC2)nc(-n2cnc(SCCOc3ccccc3C)n2)n1. The third kappa shape index (κ3) is 5.04. The molecule has 2 aromatic heterocycles. The normalized spacial score (nSPS) is 14.2. The molecule has 4 rings (SSSR count). The van der Waals surface area contributed by atoms with Crippen molar-refractivity contribution >= 4 is 17.6 Å². The zero-order chi connectivity index (χ0) is 20.1. The Bertz CT molecular complexity index is 958. The fourth-order valence-electron chi connectivity index (χ4n) is 3.01. The van der Waals surface area contributed by atoms with Crippen LogP contribution in [0.1, 0.15) is 11.3 Å². The number of thioether (sulfide) groups is 1. The molecule has 0 unspecified atom stereocenters. The molecule has 0 bridgehead atoms. The van der Waals surface area contributed by atoms with Crippen LogP contribution < -0.4 is 9.64 Å². The van der Waals surface area contributed by atoms with E-state index >= 15 is 0 Å². The maximum Gasteiger partial charge on any atom is 0.254 e. The van der Waals surface area contributed by atoms with Gasteiger partial charge in [0.25, 0.3) is 5.95 Å². The highest BCUT2D eigenvalue weighted by Crippen LogP contribution is 2.19. The van der Waals surface area contributed by atoms with Crippen molar-refractivity contribution in [1.29, 1.82) is 0 Å². The van der Waals surface area contributed by atoms with E-state index in [0.717, 1.165) is 41.7 Å². The molecule has 152 valence electrons. The lowest BCUT2D eigenvalue weighted by atomic mass is 10.2. The van der Waals surface area contributed by atoms with Crippen LogP contribution in [-0.2, 0) is 4.74 Å². The van der Waals surface area contributed by atoms with Gasteiger partial charge in [0.05, 0.1) is 19.8 Å². The summed E-state index contributed by atoms with van der Waals surface area (Å²) in [5.74, 6) is 3.09. The van der Waals surface area contributed by atoms with E-state index in [2.05, 4.69) is 25.0 Å². The van der Waals surface area contributed by atoms with Gasteiger partial charge in [-0.2, -0.15) is 9.67 Å². The van der Waals surface area contributed by atoms with Gasteiger partial charge in [0, 0.05) is 30.6 Å². The van der Waals surface area contributed by atoms with E-state index in [0.29, 0.717) is 30.9 Å². The molecule has 0 saturated carbocycles. The lowest BCUT2D eigenvalue weighted by molar-refractivity contribution is 0.122. The molecule has 0 amide bonds. The van der Waals surface area contributed by atoms with E-state index < -0.39 is 0 Å². The van der Waals surface area contributed by atoms with Gasteiger partial charge in [-0.3, -0.25) is 0 Å². The summed E-state index contributed by atoms with van der Waals surface area (Å²) in [5.41, 5.74) is 2.03. The molecule has 1 aliphatic heterocycles. The lowest BCUT2D eigenvalue weighted by Gasteiger charge is -2.28. The maximum atomic E-state index is 5.82. The first kappa shape index (κ1) is 19.7. The van der Waals surface area contributed by atoms with E-state index in [1.165, 1.54) is 0 Å². The molecule has 3 heterocycles. The first-order valence-electron chi connectivity index (χ1n) is 9.61. The van der Waals surface area contributed by atoms with Crippen molar-refractivity contribution in [3.63, 3.8) is 0 Å². The van der Waals surface area contributed by atoms with Crippen LogP contribution in [0.2, 0.25) is 0 Å². The summed E-state index contributed by atoms with van der Waals surface area (Å²) in [7, 11) is 0. The largest absolute Gasteiger partial charge is 0.492 e. The molecular weight excluding hydrogens is 388 g/mol. The van der Waals surface area contributed by atoms with E-state index in [-0.39, 0.29) is 0 Å². The molecule has 0 spiro atoms. The number of hydrogen-bond donors (Lipinski definition) is 0. The second-order valence-corrected chi connectivity index (χ2v) is 7.76. The van der Waals surface area contributed by atoms with Crippen LogP contribution in [0.4, 0.5) is 5.82 Å². The Morgan fingerprint density at radius 3 is 2.79 bits per heavy atom. The van der Waals surface area contributed by atoms with Gasteiger partial charge in [-0.15, -0.1) is 5.10 Å². The number of nitrogens with zero attached hydrogens (tertiary/aromatic N) is 6. The Balaban J connectivity index is 1.37. The second kappa shape index (κ2) is 9.23. The van der Waals surface area contributed by atoms with Crippen LogP contribution in [-0.4, -0.2) is 63.4 Å². The standard InChI is InChI=1S/C20H24N6O2S/c1-15-5-3-4-6-17(15)28-11-12-29-20-21-14-26(24-20)19-22-16(2)13-18(23-19)25-7-9-27-10-8-25/h3-6,13-14H,7-12H2,1-2H3. The number of anilines is 1. The first-order valence-corrected chi connectivity index (χ1v) is 10.6. The molecule has 1 aliphatic rings. The Labute approximate surface area is 174 Å². The average Bonchev–Trinajstić information content (AvgIpc) is 3.22. The average molecular weight is 413 g/mol. The van der Waals surface area contributed by atoms with Crippen molar-refractivity contribution in [3.8, 4) is 11.7 Å². The van der Waals surface area contributed by atoms with Gasteiger partial charge in [0.15, 0.2) is 0 Å². The molecule has 1 fully saturated rings. The molecule has 1 aromatic carbocycles. The number of morpholine rings is 1. The van der Waals surface area contributed by atoms with Crippen LogP contribution in [0, 0.1) is 13.8 Å². The number of hydrogen-bond acceptors (Lipinski definition) is 8. The summed E-state index contributed by atoms with van der Waals surface area (Å²) >= 11 is 1.55. The molecule has 1 saturated heterocycles. The predicted molar refractivity (Wildman–Crippen MR) is 112 cm³/mol. The van der Waals surface area contributed by atoms with Gasteiger partial charge in [0.1, 0.15) is 17.9 Å². The predicted octanol–water partition coefficient (Wildman–Crippen LogP) is 2.68. The Kier molecular flexibility index (Phi) is 6.26. The summed E-state index contributed by atoms with van der Waals surface area (Å²) in [6.45, 7) is 7.68. The summed E-state index contributed by atoms with van der Waals surface area (Å²) in [5, 5.41) is 5.19. The lowest BCUT2D eigenvalue weighted by Crippen LogP contribution is -2.37. The third-order valence-corrected chi connectivity index (χ3v) is 5.32. The number of aryl methyl sites for hydroxylation is 2. The van der Waals surface area contributed by atoms with Gasteiger partial charge < -0.3 is 14.4 Å². The number of rotatable bonds is 7. The summed E-state index contributed by atoms with van der Waals surface area (Å²) in [6.07, 6.45) is 1.66. The fraction of sp³-hybridized carbons (Fsp3) is 0.400. The maximum absolute atomic E-state index is 5.82. The van der Waals surface area contributed by atoms with Crippen LogP contribution in [0.5, 0.6) is 5.75 Å². The molecule has 8 nitrogen and oxygen atoms in total. The molecule has 29 heavy (non-hydrogen) atoms. The van der Waals surface area contributed by atoms with Crippen LogP contribution >= 0.6 is 11.8 Å². The molecule has 0 N–H and O–H groups in total. The molecule has 3 aromatic rings. The van der Waals surface area contributed by atoms with E-state index in [9.17, 15) is 0 Å². The molecule has 0 aliphatic carbocycles. The van der Waals surface area contributed by atoms with Crippen LogP contribution in [0.3, 0.4) is 0 Å². The molecular formula is C20H24N6O2S. The third-order valence-electron chi connectivity index (χ3n) is 4.51. The van der Waals surface area contributed by atoms with E-state index in [1.807, 2.05) is 44.2 Å². The van der Waals surface area contributed by atoms with Gasteiger partial charge >= 0.3 is 0 Å². The highest BCUT2D eigenvalue weighted by atomic mass is 32.2. The molecule has 9 heteroatoms. The number of para-hydroxylation sites is 1. The van der Waals surface area contributed by atoms with E-state index in [4.69, 9.17) is 9.47 Å². The minimum atomic E-state index is 0.530. The Hall–Kier alpha value is -2.65. The first-order chi connectivity index (χ1) is 14.2. The van der Waals surface area contributed by atoms with Gasteiger partial charge in [-0.05, 0) is 25.5 Å². The zero-order valence-electron chi connectivity index (χ0n) is 16.6. The molecule has 0 atom stereocenters. The minimum absolute atomic E-state index is 0.530. The topological polar surface area (TPSA) is 78.2 Å². The second-order valence-electron chi connectivity index (χ2n) is 6.70. The Morgan fingerprint density at radius 2 is 1.97 bits per heavy atom. The smallest absolute Gasteiger partial charge is 0.254 e. The number of ether oxygens (including phenoxy) is 2. The molecule has 0 radical (unpaired) electrons. The zero-order valence-corrected chi connectivity index (χ0v) is 17.4.